The SMILES string of the molecule is CC(=O)O[C@H](c1ccc([N+](=O)[O-])cc1)[C@@H](Sc1ccccc1)[N+](=O)[O-]. The van der Waals surface area contributed by atoms with E-state index in [1.165, 1.54) is 24.3 Å². The van der Waals surface area contributed by atoms with Crippen LogP contribution in [0.4, 0.5) is 5.69 Å². The number of rotatable bonds is 7. The molecule has 2 rings (SSSR count). The molecule has 0 saturated heterocycles. The molecule has 0 spiro atoms. The second-order valence-electron chi connectivity index (χ2n) is 4.99. The third kappa shape index (κ3) is 5.01. The number of thioether (sulfide) groups is 1. The van der Waals surface area contributed by atoms with Crippen LogP contribution in [0, 0.1) is 20.2 Å². The lowest BCUT2D eigenvalue weighted by Gasteiger charge is -2.20. The number of benzene rings is 2. The Balaban J connectivity index is 2.36. The topological polar surface area (TPSA) is 113 Å². The average molecular weight is 362 g/mol. The van der Waals surface area contributed by atoms with Crippen LogP contribution in [0.5, 0.6) is 0 Å². The zero-order valence-corrected chi connectivity index (χ0v) is 13.9. The quantitative estimate of drug-likeness (QED) is 0.243. The maximum absolute atomic E-state index is 11.6. The van der Waals surface area contributed by atoms with Gasteiger partial charge in [-0.15, -0.1) is 0 Å². The molecule has 0 unspecified atom stereocenters. The summed E-state index contributed by atoms with van der Waals surface area (Å²) >= 11 is 0.942. The number of hydrogen-bond acceptors (Lipinski definition) is 7. The molecule has 0 amide bonds. The van der Waals surface area contributed by atoms with Crippen LogP contribution in [0.25, 0.3) is 0 Å². The van der Waals surface area contributed by atoms with Crippen LogP contribution >= 0.6 is 11.8 Å². The van der Waals surface area contributed by atoms with Gasteiger partial charge in [0.25, 0.3) is 5.69 Å². The molecule has 0 aromatic heterocycles. The number of carbonyl (C=O) groups is 1. The predicted octanol–water partition coefficient (Wildman–Crippen LogP) is 3.59. The van der Waals surface area contributed by atoms with E-state index in [0.717, 1.165) is 18.7 Å². The lowest BCUT2D eigenvalue weighted by Crippen LogP contribution is -2.27. The van der Waals surface area contributed by atoms with Gasteiger partial charge >= 0.3 is 11.3 Å². The summed E-state index contributed by atoms with van der Waals surface area (Å²) in [6, 6.07) is 13.8. The Hall–Kier alpha value is -2.94. The highest BCUT2D eigenvalue weighted by Gasteiger charge is 2.37. The Kier molecular flexibility index (Phi) is 6.07. The average Bonchev–Trinajstić information content (AvgIpc) is 2.58. The van der Waals surface area contributed by atoms with Crippen molar-refractivity contribution in [2.45, 2.75) is 23.3 Å². The van der Waals surface area contributed by atoms with E-state index >= 15 is 0 Å². The van der Waals surface area contributed by atoms with Crippen LogP contribution in [0.2, 0.25) is 0 Å². The molecular weight excluding hydrogens is 348 g/mol. The first-order valence-corrected chi connectivity index (χ1v) is 8.03. The van der Waals surface area contributed by atoms with Crippen molar-refractivity contribution < 1.29 is 19.4 Å². The number of esters is 1. The van der Waals surface area contributed by atoms with Gasteiger partial charge < -0.3 is 4.74 Å². The number of nitro benzene ring substituents is 1. The van der Waals surface area contributed by atoms with Crippen molar-refractivity contribution in [2.24, 2.45) is 0 Å². The zero-order chi connectivity index (χ0) is 18.4. The Morgan fingerprint density at radius 2 is 1.64 bits per heavy atom. The Bertz CT molecular complexity index is 766. The van der Waals surface area contributed by atoms with Crippen molar-refractivity contribution in [3.05, 3.63) is 80.4 Å². The van der Waals surface area contributed by atoms with Crippen LogP contribution < -0.4 is 0 Å². The van der Waals surface area contributed by atoms with Crippen LogP contribution in [0.3, 0.4) is 0 Å². The van der Waals surface area contributed by atoms with Crippen LogP contribution in [-0.4, -0.2) is 21.2 Å². The zero-order valence-electron chi connectivity index (χ0n) is 13.1. The second-order valence-corrected chi connectivity index (χ2v) is 6.18. The first-order chi connectivity index (χ1) is 11.9. The molecule has 2 aromatic rings. The van der Waals surface area contributed by atoms with Crippen molar-refractivity contribution >= 4 is 23.4 Å². The summed E-state index contributed by atoms with van der Waals surface area (Å²) in [4.78, 5) is 33.3. The fourth-order valence-corrected chi connectivity index (χ4v) is 3.12. The Morgan fingerprint density at radius 1 is 1.04 bits per heavy atom. The van der Waals surface area contributed by atoms with E-state index in [2.05, 4.69) is 0 Å². The van der Waals surface area contributed by atoms with E-state index < -0.39 is 27.3 Å². The molecule has 2 atom stereocenters. The molecule has 0 aliphatic rings. The summed E-state index contributed by atoms with van der Waals surface area (Å²) in [7, 11) is 0. The molecule has 0 heterocycles. The lowest BCUT2D eigenvalue weighted by molar-refractivity contribution is -0.507. The third-order valence-corrected chi connectivity index (χ3v) is 4.40. The van der Waals surface area contributed by atoms with Crippen LogP contribution in [0.1, 0.15) is 18.6 Å². The standard InChI is InChI=1S/C16H14N2O6S/c1-11(19)24-15(12-7-9-13(10-8-12)17(20)21)16(18(22)23)25-14-5-3-2-4-6-14/h2-10,15-16H,1H3/t15-,16-/m1/s1. The normalized spacial score (nSPS) is 12.8. The minimum absolute atomic E-state index is 0.154. The van der Waals surface area contributed by atoms with Gasteiger partial charge in [0.15, 0.2) is 0 Å². The minimum Gasteiger partial charge on any atom is -0.449 e. The van der Waals surface area contributed by atoms with Gasteiger partial charge in [0.1, 0.15) is 0 Å². The van der Waals surface area contributed by atoms with Gasteiger partial charge in [-0.1, -0.05) is 18.2 Å². The van der Waals surface area contributed by atoms with Crippen molar-refractivity contribution in [2.75, 3.05) is 0 Å². The summed E-state index contributed by atoms with van der Waals surface area (Å²) in [6.45, 7) is 1.16. The number of carbonyl (C=O) groups excluding carboxylic acids is 1. The van der Waals surface area contributed by atoms with E-state index in [4.69, 9.17) is 4.74 Å². The van der Waals surface area contributed by atoms with E-state index in [9.17, 15) is 25.0 Å². The number of ether oxygens (including phenoxy) is 1. The molecule has 0 aliphatic carbocycles. The largest absolute Gasteiger partial charge is 0.449 e. The lowest BCUT2D eigenvalue weighted by atomic mass is 10.1. The maximum Gasteiger partial charge on any atom is 0.303 e. The van der Waals surface area contributed by atoms with Crippen molar-refractivity contribution in [3.8, 4) is 0 Å². The fourth-order valence-electron chi connectivity index (χ4n) is 2.11. The highest BCUT2D eigenvalue weighted by Crippen LogP contribution is 2.35. The van der Waals surface area contributed by atoms with Gasteiger partial charge in [0, 0.05) is 34.4 Å². The molecule has 8 nitrogen and oxygen atoms in total. The predicted molar refractivity (Wildman–Crippen MR) is 90.7 cm³/mol. The monoisotopic (exact) mass is 362 g/mol. The number of nitrogens with zero attached hydrogens (tertiary/aromatic N) is 2. The molecule has 9 heteroatoms. The van der Waals surface area contributed by atoms with Crippen LogP contribution in [-0.2, 0) is 9.53 Å². The minimum atomic E-state index is -1.30. The first kappa shape index (κ1) is 18.4. The van der Waals surface area contributed by atoms with Gasteiger partial charge in [-0.2, -0.15) is 0 Å². The van der Waals surface area contributed by atoms with Gasteiger partial charge in [0.2, 0.25) is 6.10 Å². The number of non-ortho nitro benzene ring substituents is 1. The molecule has 0 aliphatic heterocycles. The van der Waals surface area contributed by atoms with Crippen LogP contribution in [0.15, 0.2) is 59.5 Å². The summed E-state index contributed by atoms with van der Waals surface area (Å²) in [5.74, 6) is -0.677. The first-order valence-electron chi connectivity index (χ1n) is 7.15. The third-order valence-electron chi connectivity index (χ3n) is 3.19. The van der Waals surface area contributed by atoms with E-state index in [0.29, 0.717) is 10.5 Å². The highest BCUT2D eigenvalue weighted by atomic mass is 32.2. The summed E-state index contributed by atoms with van der Waals surface area (Å²) < 4.78 is 5.16. The molecule has 2 aromatic carbocycles. The molecule has 130 valence electrons. The van der Waals surface area contributed by atoms with Gasteiger partial charge in [-0.05, 0) is 36.0 Å². The highest BCUT2D eigenvalue weighted by molar-refractivity contribution is 7.99. The van der Waals surface area contributed by atoms with Crippen molar-refractivity contribution in [3.63, 3.8) is 0 Å². The molecule has 0 radical (unpaired) electrons. The molecule has 25 heavy (non-hydrogen) atoms. The Labute approximate surface area is 147 Å². The summed E-state index contributed by atoms with van der Waals surface area (Å²) in [6.07, 6.45) is -1.18. The maximum atomic E-state index is 11.6. The Morgan fingerprint density at radius 3 is 2.12 bits per heavy atom. The summed E-state index contributed by atoms with van der Waals surface area (Å²) in [5.41, 5.74) is 0.157. The molecular formula is C16H14N2O6S. The molecule has 0 N–H and O–H groups in total. The van der Waals surface area contributed by atoms with E-state index in [1.54, 1.807) is 30.3 Å². The van der Waals surface area contributed by atoms with Gasteiger partial charge in [0.05, 0.1) is 4.92 Å². The second kappa shape index (κ2) is 8.25. The van der Waals surface area contributed by atoms with E-state index in [-0.39, 0.29) is 5.69 Å². The number of nitro groups is 2. The van der Waals surface area contributed by atoms with Crippen molar-refractivity contribution in [1.29, 1.82) is 0 Å². The van der Waals surface area contributed by atoms with E-state index in [1.807, 2.05) is 0 Å². The van der Waals surface area contributed by atoms with Gasteiger partial charge in [-0.3, -0.25) is 25.0 Å². The van der Waals surface area contributed by atoms with Crippen molar-refractivity contribution in [1.82, 2.24) is 0 Å². The molecule has 0 saturated carbocycles. The number of hydrogen-bond donors (Lipinski definition) is 0. The summed E-state index contributed by atoms with van der Waals surface area (Å²) in [5, 5.41) is 21.0. The molecule has 0 bridgehead atoms. The fraction of sp³-hybridized carbons (Fsp3) is 0.188. The van der Waals surface area contributed by atoms with Gasteiger partial charge in [-0.25, -0.2) is 0 Å². The smallest absolute Gasteiger partial charge is 0.303 e. The molecule has 0 fully saturated rings.